The standard InChI is InChI=1S/C17H16O2/c1-17(2,3)11-8-9-13-15(10-11)19-14-7-5-4-6-12(14)16(13)18/h4-10H,1-3H3. The predicted molar refractivity (Wildman–Crippen MR) is 78.7 cm³/mol. The Kier molecular flexibility index (Phi) is 2.49. The summed E-state index contributed by atoms with van der Waals surface area (Å²) in [5.74, 6) is 0. The average molecular weight is 252 g/mol. The Hall–Kier alpha value is -2.09. The molecule has 96 valence electrons. The fraction of sp³-hybridized carbons (Fsp3) is 0.235. The molecule has 0 saturated carbocycles. The van der Waals surface area contributed by atoms with Crippen LogP contribution in [-0.4, -0.2) is 0 Å². The molecule has 1 aromatic heterocycles. The molecule has 2 nitrogen and oxygen atoms in total. The van der Waals surface area contributed by atoms with Crippen molar-refractivity contribution in [3.8, 4) is 0 Å². The normalized spacial score (nSPS) is 12.2. The second-order valence-electron chi connectivity index (χ2n) is 5.89. The minimum atomic E-state index is 0.0392. The molecule has 19 heavy (non-hydrogen) atoms. The number of fused-ring (bicyclic) bond motifs is 2. The van der Waals surface area contributed by atoms with E-state index in [0.29, 0.717) is 21.9 Å². The molecule has 0 N–H and O–H groups in total. The summed E-state index contributed by atoms with van der Waals surface area (Å²) < 4.78 is 5.86. The first kappa shape index (κ1) is 12.0. The van der Waals surface area contributed by atoms with E-state index in [1.165, 1.54) is 5.56 Å². The molecule has 3 rings (SSSR count). The molecular weight excluding hydrogens is 236 g/mol. The lowest BCUT2D eigenvalue weighted by atomic mass is 9.86. The summed E-state index contributed by atoms with van der Waals surface area (Å²) in [6.45, 7) is 6.44. The van der Waals surface area contributed by atoms with Gasteiger partial charge < -0.3 is 4.42 Å². The molecule has 0 aliphatic heterocycles. The number of hydrogen-bond donors (Lipinski definition) is 0. The summed E-state index contributed by atoms with van der Waals surface area (Å²) in [7, 11) is 0. The van der Waals surface area contributed by atoms with Crippen LogP contribution < -0.4 is 5.43 Å². The van der Waals surface area contributed by atoms with Crippen molar-refractivity contribution in [2.75, 3.05) is 0 Å². The van der Waals surface area contributed by atoms with Crippen molar-refractivity contribution in [2.24, 2.45) is 0 Å². The topological polar surface area (TPSA) is 30.2 Å². The van der Waals surface area contributed by atoms with Crippen molar-refractivity contribution < 1.29 is 4.42 Å². The molecule has 0 radical (unpaired) electrons. The molecule has 0 aliphatic carbocycles. The zero-order chi connectivity index (χ0) is 13.6. The second kappa shape index (κ2) is 3.95. The van der Waals surface area contributed by atoms with Crippen LogP contribution >= 0.6 is 0 Å². The maximum atomic E-state index is 12.4. The van der Waals surface area contributed by atoms with Crippen molar-refractivity contribution in [3.63, 3.8) is 0 Å². The Morgan fingerprint density at radius 1 is 0.895 bits per heavy atom. The van der Waals surface area contributed by atoms with Crippen LogP contribution in [0.2, 0.25) is 0 Å². The van der Waals surface area contributed by atoms with Crippen LogP contribution in [0.3, 0.4) is 0 Å². The Morgan fingerprint density at radius 2 is 1.58 bits per heavy atom. The van der Waals surface area contributed by atoms with E-state index < -0.39 is 0 Å². The van der Waals surface area contributed by atoms with E-state index in [2.05, 4.69) is 20.8 Å². The Balaban J connectivity index is 2.42. The lowest BCUT2D eigenvalue weighted by Crippen LogP contribution is -2.11. The lowest BCUT2D eigenvalue weighted by molar-refractivity contribution is 0.587. The first-order chi connectivity index (χ1) is 8.97. The molecule has 0 unspecified atom stereocenters. The number of benzene rings is 2. The highest BCUT2D eigenvalue weighted by Crippen LogP contribution is 2.26. The first-order valence-corrected chi connectivity index (χ1v) is 6.43. The summed E-state index contributed by atoms with van der Waals surface area (Å²) in [6, 6.07) is 13.2. The molecule has 2 heteroatoms. The third kappa shape index (κ3) is 1.93. The van der Waals surface area contributed by atoms with Gasteiger partial charge in [0.15, 0.2) is 0 Å². The molecule has 0 bridgehead atoms. The molecule has 0 saturated heterocycles. The summed E-state index contributed by atoms with van der Waals surface area (Å²) >= 11 is 0. The molecule has 3 aromatic rings. The fourth-order valence-corrected chi connectivity index (χ4v) is 2.27. The minimum absolute atomic E-state index is 0.0392. The maximum absolute atomic E-state index is 12.4. The first-order valence-electron chi connectivity index (χ1n) is 6.43. The smallest absolute Gasteiger partial charge is 0.200 e. The highest BCUT2D eigenvalue weighted by Gasteiger charge is 2.15. The van der Waals surface area contributed by atoms with Crippen LogP contribution in [-0.2, 0) is 5.41 Å². The van der Waals surface area contributed by atoms with E-state index in [4.69, 9.17) is 4.42 Å². The number of rotatable bonds is 0. The average Bonchev–Trinajstić information content (AvgIpc) is 2.37. The van der Waals surface area contributed by atoms with Gasteiger partial charge in [-0.25, -0.2) is 0 Å². The van der Waals surface area contributed by atoms with Crippen molar-refractivity contribution in [1.82, 2.24) is 0 Å². The SMILES string of the molecule is CC(C)(C)c1ccc2c(=O)c3ccccc3oc2c1. The molecular formula is C17H16O2. The molecule has 1 heterocycles. The summed E-state index contributed by atoms with van der Waals surface area (Å²) in [6.07, 6.45) is 0. The molecule has 0 aliphatic rings. The van der Waals surface area contributed by atoms with E-state index in [1.807, 2.05) is 36.4 Å². The van der Waals surface area contributed by atoms with Crippen molar-refractivity contribution in [2.45, 2.75) is 26.2 Å². The molecule has 0 fully saturated rings. The van der Waals surface area contributed by atoms with Gasteiger partial charge in [0.1, 0.15) is 11.2 Å². The maximum Gasteiger partial charge on any atom is 0.200 e. The quantitative estimate of drug-likeness (QED) is 0.560. The molecule has 0 amide bonds. The van der Waals surface area contributed by atoms with Crippen molar-refractivity contribution in [3.05, 3.63) is 58.3 Å². The third-order valence-corrected chi connectivity index (χ3v) is 3.44. The highest BCUT2D eigenvalue weighted by molar-refractivity contribution is 5.89. The zero-order valence-corrected chi connectivity index (χ0v) is 11.4. The van der Waals surface area contributed by atoms with Gasteiger partial charge in [0.25, 0.3) is 0 Å². The van der Waals surface area contributed by atoms with Gasteiger partial charge in [-0.1, -0.05) is 39.0 Å². The van der Waals surface area contributed by atoms with Crippen LogP contribution in [0.5, 0.6) is 0 Å². The van der Waals surface area contributed by atoms with E-state index in [0.717, 1.165) is 0 Å². The monoisotopic (exact) mass is 252 g/mol. The van der Waals surface area contributed by atoms with Crippen molar-refractivity contribution in [1.29, 1.82) is 0 Å². The van der Waals surface area contributed by atoms with E-state index in [-0.39, 0.29) is 10.8 Å². The van der Waals surface area contributed by atoms with Gasteiger partial charge in [-0.3, -0.25) is 4.79 Å². The van der Waals surface area contributed by atoms with Gasteiger partial charge in [-0.05, 0) is 35.2 Å². The van der Waals surface area contributed by atoms with Crippen LogP contribution in [0.25, 0.3) is 21.9 Å². The minimum Gasteiger partial charge on any atom is -0.456 e. The lowest BCUT2D eigenvalue weighted by Gasteiger charge is -2.19. The summed E-state index contributed by atoms with van der Waals surface area (Å²) in [5, 5.41) is 1.28. The second-order valence-corrected chi connectivity index (χ2v) is 5.89. The van der Waals surface area contributed by atoms with E-state index in [9.17, 15) is 4.79 Å². The van der Waals surface area contributed by atoms with E-state index in [1.54, 1.807) is 6.07 Å². The predicted octanol–water partition coefficient (Wildman–Crippen LogP) is 4.24. The number of para-hydroxylation sites is 1. The highest BCUT2D eigenvalue weighted by atomic mass is 16.3. The summed E-state index contributed by atoms with van der Waals surface area (Å²) in [5.41, 5.74) is 2.55. The van der Waals surface area contributed by atoms with Gasteiger partial charge in [-0.15, -0.1) is 0 Å². The van der Waals surface area contributed by atoms with Gasteiger partial charge in [0, 0.05) is 0 Å². The Morgan fingerprint density at radius 3 is 2.32 bits per heavy atom. The molecule has 2 aromatic carbocycles. The Labute approximate surface area is 111 Å². The van der Waals surface area contributed by atoms with Gasteiger partial charge in [0.2, 0.25) is 5.43 Å². The molecule has 0 atom stereocenters. The van der Waals surface area contributed by atoms with Crippen molar-refractivity contribution >= 4 is 21.9 Å². The van der Waals surface area contributed by atoms with Crippen LogP contribution in [0, 0.1) is 0 Å². The summed E-state index contributed by atoms with van der Waals surface area (Å²) in [4.78, 5) is 12.4. The molecule has 0 spiro atoms. The van der Waals surface area contributed by atoms with Crippen LogP contribution in [0.4, 0.5) is 0 Å². The number of hydrogen-bond acceptors (Lipinski definition) is 2. The van der Waals surface area contributed by atoms with Crippen LogP contribution in [0.15, 0.2) is 51.7 Å². The van der Waals surface area contributed by atoms with Gasteiger partial charge >= 0.3 is 0 Å². The van der Waals surface area contributed by atoms with E-state index >= 15 is 0 Å². The van der Waals surface area contributed by atoms with Crippen LogP contribution in [0.1, 0.15) is 26.3 Å². The zero-order valence-electron chi connectivity index (χ0n) is 11.4. The fourth-order valence-electron chi connectivity index (χ4n) is 2.27. The largest absolute Gasteiger partial charge is 0.456 e. The van der Waals surface area contributed by atoms with Gasteiger partial charge in [-0.2, -0.15) is 0 Å². The third-order valence-electron chi connectivity index (χ3n) is 3.44. The Bertz CT molecular complexity index is 820. The van der Waals surface area contributed by atoms with Gasteiger partial charge in [0.05, 0.1) is 10.8 Å².